The summed E-state index contributed by atoms with van der Waals surface area (Å²) in [6.07, 6.45) is 3.42. The number of carboxylic acid groups (broad SMARTS) is 1. The Morgan fingerprint density at radius 3 is 2.62 bits per heavy atom. The number of nitriles is 1. The lowest BCUT2D eigenvalue weighted by atomic mass is 9.86. The van der Waals surface area contributed by atoms with E-state index < -0.39 is 16.0 Å². The Hall–Kier alpha value is -1.66. The molecule has 0 amide bonds. The second kappa shape index (κ2) is 7.53. The molecule has 1 aromatic carbocycles. The molecule has 2 aliphatic carbocycles. The van der Waals surface area contributed by atoms with Gasteiger partial charge in [-0.1, -0.05) is 11.6 Å². The fourth-order valence-electron chi connectivity index (χ4n) is 3.20. The molecule has 0 aliphatic heterocycles. The van der Waals surface area contributed by atoms with E-state index in [9.17, 15) is 13.2 Å². The maximum absolute atomic E-state index is 12.5. The molecule has 0 bridgehead atoms. The van der Waals surface area contributed by atoms with Gasteiger partial charge in [-0.2, -0.15) is 5.26 Å². The lowest BCUT2D eigenvalue weighted by Crippen LogP contribution is -2.55. The predicted molar refractivity (Wildman–Crippen MR) is 95.2 cm³/mol. The molecular formula is C17H20ClN3O4S. The number of hydrogen-bond donors (Lipinski definition) is 2. The summed E-state index contributed by atoms with van der Waals surface area (Å²) in [4.78, 5) is 12.9. The predicted octanol–water partition coefficient (Wildman–Crippen LogP) is 1.82. The van der Waals surface area contributed by atoms with Crippen LogP contribution in [0.1, 0.15) is 31.2 Å². The fraction of sp³-hybridized carbons (Fsp3) is 0.529. The molecule has 0 aromatic heterocycles. The number of sulfonamides is 1. The van der Waals surface area contributed by atoms with Gasteiger partial charge in [0, 0.05) is 18.6 Å². The molecule has 140 valence electrons. The fourth-order valence-corrected chi connectivity index (χ4v) is 5.01. The molecule has 0 atom stereocenters. The lowest BCUT2D eigenvalue weighted by Gasteiger charge is -2.42. The zero-order chi connectivity index (χ0) is 18.9. The minimum absolute atomic E-state index is 0.00802. The largest absolute Gasteiger partial charge is 0.480 e. The topological polar surface area (TPSA) is 110 Å². The summed E-state index contributed by atoms with van der Waals surface area (Å²) >= 11 is 5.99. The average molecular weight is 398 g/mol. The third-order valence-corrected chi connectivity index (χ3v) is 6.83. The number of carbonyl (C=O) groups is 1. The Morgan fingerprint density at radius 2 is 2.08 bits per heavy atom. The summed E-state index contributed by atoms with van der Waals surface area (Å²) in [6, 6.07) is 5.80. The number of benzene rings is 1. The molecule has 2 fully saturated rings. The normalized spacial score (nSPS) is 22.7. The quantitative estimate of drug-likeness (QED) is 0.692. The van der Waals surface area contributed by atoms with Crippen molar-refractivity contribution in [1.82, 2.24) is 9.62 Å². The third kappa shape index (κ3) is 4.54. The third-order valence-electron chi connectivity index (χ3n) is 4.83. The highest BCUT2D eigenvalue weighted by Crippen LogP contribution is 2.34. The summed E-state index contributed by atoms with van der Waals surface area (Å²) in [5.74, 6) is -0.290. The van der Waals surface area contributed by atoms with Crippen molar-refractivity contribution < 1.29 is 18.3 Å². The molecule has 2 aliphatic rings. The van der Waals surface area contributed by atoms with Gasteiger partial charge in [-0.05, 0) is 49.8 Å². The first kappa shape index (κ1) is 19.1. The van der Waals surface area contributed by atoms with Crippen molar-refractivity contribution in [3.63, 3.8) is 0 Å². The van der Waals surface area contributed by atoms with Crippen molar-refractivity contribution in [3.05, 3.63) is 28.8 Å². The van der Waals surface area contributed by atoms with Gasteiger partial charge >= 0.3 is 5.97 Å². The summed E-state index contributed by atoms with van der Waals surface area (Å²) < 4.78 is 27.6. The maximum atomic E-state index is 12.5. The molecule has 0 saturated heterocycles. The van der Waals surface area contributed by atoms with Crippen LogP contribution in [0.4, 0.5) is 0 Å². The van der Waals surface area contributed by atoms with Gasteiger partial charge in [-0.3, -0.25) is 9.69 Å². The zero-order valence-electron chi connectivity index (χ0n) is 14.1. The van der Waals surface area contributed by atoms with E-state index in [1.54, 1.807) is 0 Å². The van der Waals surface area contributed by atoms with E-state index in [-0.39, 0.29) is 28.5 Å². The van der Waals surface area contributed by atoms with Gasteiger partial charge in [0.2, 0.25) is 10.0 Å². The Labute approximate surface area is 157 Å². The molecule has 0 spiro atoms. The van der Waals surface area contributed by atoms with Crippen molar-refractivity contribution >= 4 is 27.6 Å². The molecule has 9 heteroatoms. The van der Waals surface area contributed by atoms with Gasteiger partial charge in [0.15, 0.2) is 0 Å². The summed E-state index contributed by atoms with van der Waals surface area (Å²) in [5.41, 5.74) is 0.294. The van der Waals surface area contributed by atoms with Crippen LogP contribution in [-0.2, 0) is 14.8 Å². The molecule has 3 rings (SSSR count). The van der Waals surface area contributed by atoms with Crippen LogP contribution in [0.15, 0.2) is 23.1 Å². The summed E-state index contributed by atoms with van der Waals surface area (Å²) in [7, 11) is -3.79. The van der Waals surface area contributed by atoms with Crippen LogP contribution in [0, 0.1) is 17.2 Å². The van der Waals surface area contributed by atoms with E-state index in [1.807, 2.05) is 11.0 Å². The first-order chi connectivity index (χ1) is 12.3. The number of carboxylic acids is 1. The number of aliphatic carboxylic acids is 1. The van der Waals surface area contributed by atoms with Gasteiger partial charge in [-0.15, -0.1) is 0 Å². The minimum Gasteiger partial charge on any atom is -0.480 e. The van der Waals surface area contributed by atoms with Gasteiger partial charge in [0.25, 0.3) is 0 Å². The molecule has 0 unspecified atom stereocenters. The van der Waals surface area contributed by atoms with E-state index in [2.05, 4.69) is 4.72 Å². The second-order valence-corrected chi connectivity index (χ2v) is 9.06. The zero-order valence-corrected chi connectivity index (χ0v) is 15.6. The van der Waals surface area contributed by atoms with Gasteiger partial charge in [0.1, 0.15) is 4.90 Å². The second-order valence-electron chi connectivity index (χ2n) is 6.97. The van der Waals surface area contributed by atoms with Crippen LogP contribution in [0.2, 0.25) is 5.02 Å². The Bertz CT molecular complexity index is 842. The van der Waals surface area contributed by atoms with E-state index in [0.29, 0.717) is 24.3 Å². The van der Waals surface area contributed by atoms with Crippen LogP contribution in [0.25, 0.3) is 0 Å². The first-order valence-electron chi connectivity index (χ1n) is 8.46. The van der Waals surface area contributed by atoms with E-state index in [4.69, 9.17) is 22.0 Å². The average Bonchev–Trinajstić information content (AvgIpc) is 3.33. The Morgan fingerprint density at radius 1 is 1.38 bits per heavy atom. The number of hydrogen-bond acceptors (Lipinski definition) is 5. The highest BCUT2D eigenvalue weighted by Gasteiger charge is 2.39. The molecule has 26 heavy (non-hydrogen) atoms. The lowest BCUT2D eigenvalue weighted by molar-refractivity contribution is -0.139. The van der Waals surface area contributed by atoms with E-state index in [0.717, 1.165) is 19.4 Å². The summed E-state index contributed by atoms with van der Waals surface area (Å²) in [5, 5.41) is 17.9. The first-order valence-corrected chi connectivity index (χ1v) is 10.3. The van der Waals surface area contributed by atoms with E-state index in [1.165, 1.54) is 18.2 Å². The molecular weight excluding hydrogens is 378 g/mol. The number of nitrogens with one attached hydrogen (secondary N) is 1. The smallest absolute Gasteiger partial charge is 0.317 e. The van der Waals surface area contributed by atoms with Gasteiger partial charge in [-0.25, -0.2) is 13.1 Å². The van der Waals surface area contributed by atoms with Crippen LogP contribution < -0.4 is 4.72 Å². The molecule has 1 aromatic rings. The molecule has 0 radical (unpaired) electrons. The standard InChI is InChI=1S/C17H20ClN3O4S/c18-15-5-12(8-19)3-4-16(15)26(24,25)20-13-6-14(7-13)21(10-17(22)23)9-11-1-2-11/h3-5,11,13-14,20H,1-2,6-7,9-10H2,(H,22,23). The van der Waals surface area contributed by atoms with Crippen molar-refractivity contribution in [1.29, 1.82) is 5.26 Å². The van der Waals surface area contributed by atoms with Crippen LogP contribution in [-0.4, -0.2) is 49.6 Å². The molecule has 7 nitrogen and oxygen atoms in total. The van der Waals surface area contributed by atoms with Crippen LogP contribution in [0.5, 0.6) is 0 Å². The number of nitrogens with zero attached hydrogens (tertiary/aromatic N) is 2. The van der Waals surface area contributed by atoms with Crippen molar-refractivity contribution in [2.24, 2.45) is 5.92 Å². The van der Waals surface area contributed by atoms with Gasteiger partial charge in [0.05, 0.1) is 23.2 Å². The maximum Gasteiger partial charge on any atom is 0.317 e. The Balaban J connectivity index is 1.60. The van der Waals surface area contributed by atoms with Crippen molar-refractivity contribution in [2.45, 2.75) is 42.7 Å². The molecule has 2 N–H and O–H groups in total. The molecule has 2 saturated carbocycles. The van der Waals surface area contributed by atoms with Crippen molar-refractivity contribution in [3.8, 4) is 6.07 Å². The van der Waals surface area contributed by atoms with E-state index >= 15 is 0 Å². The summed E-state index contributed by atoms with van der Waals surface area (Å²) in [6.45, 7) is 0.750. The van der Waals surface area contributed by atoms with Gasteiger partial charge < -0.3 is 5.11 Å². The SMILES string of the molecule is N#Cc1ccc(S(=O)(=O)NC2CC(N(CC(=O)O)CC3CC3)C2)c(Cl)c1. The minimum atomic E-state index is -3.79. The Kier molecular flexibility index (Phi) is 5.53. The highest BCUT2D eigenvalue weighted by atomic mass is 35.5. The van der Waals surface area contributed by atoms with Crippen molar-refractivity contribution in [2.75, 3.05) is 13.1 Å². The number of rotatable bonds is 8. The van der Waals surface area contributed by atoms with Crippen LogP contribution >= 0.6 is 11.6 Å². The highest BCUT2D eigenvalue weighted by molar-refractivity contribution is 7.89. The monoisotopic (exact) mass is 397 g/mol. The number of halogens is 1. The van der Waals surface area contributed by atoms with Crippen LogP contribution in [0.3, 0.4) is 0 Å². The molecule has 0 heterocycles.